The van der Waals surface area contributed by atoms with Gasteiger partial charge in [0.25, 0.3) is 0 Å². The van der Waals surface area contributed by atoms with Crippen LogP contribution in [0, 0.1) is 0 Å². The maximum absolute atomic E-state index is 5.41. The Hall–Kier alpha value is -2.31. The third-order valence-corrected chi connectivity index (χ3v) is 4.54. The first-order valence-corrected chi connectivity index (χ1v) is 9.76. The zero-order valence-corrected chi connectivity index (χ0v) is 16.1. The zero-order chi connectivity index (χ0) is 18.7. The molecule has 27 heavy (non-hydrogen) atoms. The lowest BCUT2D eigenvalue weighted by Gasteiger charge is -2.26. The van der Waals surface area contributed by atoms with Crippen molar-refractivity contribution in [3.63, 3.8) is 0 Å². The van der Waals surface area contributed by atoms with E-state index in [1.807, 2.05) is 12.1 Å². The van der Waals surface area contributed by atoms with Gasteiger partial charge in [0.05, 0.1) is 26.0 Å². The number of benzene rings is 1. The van der Waals surface area contributed by atoms with E-state index in [0.29, 0.717) is 6.54 Å². The van der Waals surface area contributed by atoms with Crippen molar-refractivity contribution in [1.29, 1.82) is 0 Å². The number of aliphatic imine (C=N–C) groups is 1. The molecule has 1 aliphatic rings. The molecule has 1 fully saturated rings. The molecule has 0 aliphatic carbocycles. The number of hydrogen-bond acceptors (Lipinski definition) is 4. The first kappa shape index (κ1) is 19.5. The molecule has 0 radical (unpaired) electrons. The standard InChI is InChI=1S/C21H30N4O2/c1-2-22-21(23-10-9-20-4-3-13-27-20)24-16-18-5-7-19(8-6-18)17-25-11-14-26-15-12-25/h3-8,13H,2,9-12,14-17H2,1H3,(H2,22,23,24). The normalized spacial score (nSPS) is 15.7. The van der Waals surface area contributed by atoms with Crippen LogP contribution >= 0.6 is 0 Å². The Kier molecular flexibility index (Phi) is 7.74. The van der Waals surface area contributed by atoms with Crippen LogP contribution in [0.25, 0.3) is 0 Å². The number of rotatable bonds is 8. The van der Waals surface area contributed by atoms with Crippen molar-refractivity contribution < 1.29 is 9.15 Å². The van der Waals surface area contributed by atoms with E-state index in [0.717, 1.165) is 64.1 Å². The molecule has 3 rings (SSSR count). The second-order valence-electron chi connectivity index (χ2n) is 6.66. The summed E-state index contributed by atoms with van der Waals surface area (Å²) < 4.78 is 10.8. The number of guanidine groups is 1. The zero-order valence-electron chi connectivity index (χ0n) is 16.1. The third-order valence-electron chi connectivity index (χ3n) is 4.54. The van der Waals surface area contributed by atoms with E-state index in [-0.39, 0.29) is 0 Å². The second kappa shape index (κ2) is 10.7. The molecule has 1 saturated heterocycles. The summed E-state index contributed by atoms with van der Waals surface area (Å²) in [4.78, 5) is 7.12. The van der Waals surface area contributed by atoms with Crippen LogP contribution in [0.5, 0.6) is 0 Å². The third kappa shape index (κ3) is 6.73. The van der Waals surface area contributed by atoms with Gasteiger partial charge in [-0.25, -0.2) is 4.99 Å². The molecule has 1 aromatic heterocycles. The Balaban J connectivity index is 1.47. The molecule has 2 N–H and O–H groups in total. The predicted octanol–water partition coefficient (Wildman–Crippen LogP) is 2.41. The molecule has 6 nitrogen and oxygen atoms in total. The van der Waals surface area contributed by atoms with Crippen molar-refractivity contribution in [3.8, 4) is 0 Å². The summed E-state index contributed by atoms with van der Waals surface area (Å²) in [6.07, 6.45) is 2.55. The van der Waals surface area contributed by atoms with E-state index < -0.39 is 0 Å². The smallest absolute Gasteiger partial charge is 0.191 e. The highest BCUT2D eigenvalue weighted by Crippen LogP contribution is 2.10. The fraction of sp³-hybridized carbons (Fsp3) is 0.476. The molecule has 2 aromatic rings. The van der Waals surface area contributed by atoms with Crippen molar-refractivity contribution in [2.24, 2.45) is 4.99 Å². The van der Waals surface area contributed by atoms with Crippen LogP contribution in [0.1, 0.15) is 23.8 Å². The second-order valence-corrected chi connectivity index (χ2v) is 6.66. The summed E-state index contributed by atoms with van der Waals surface area (Å²) in [6, 6.07) is 12.7. The first-order chi connectivity index (χ1) is 13.3. The van der Waals surface area contributed by atoms with Crippen LogP contribution in [-0.2, 0) is 24.2 Å². The summed E-state index contributed by atoms with van der Waals surface area (Å²) in [5.74, 6) is 1.82. The topological polar surface area (TPSA) is 62.0 Å². The molecule has 1 aliphatic heterocycles. The Morgan fingerprint density at radius 2 is 1.85 bits per heavy atom. The molecule has 1 aromatic carbocycles. The first-order valence-electron chi connectivity index (χ1n) is 9.76. The van der Waals surface area contributed by atoms with E-state index in [2.05, 4.69) is 51.7 Å². The van der Waals surface area contributed by atoms with Crippen LogP contribution < -0.4 is 10.6 Å². The largest absolute Gasteiger partial charge is 0.469 e. The average molecular weight is 370 g/mol. The van der Waals surface area contributed by atoms with Crippen molar-refractivity contribution in [3.05, 3.63) is 59.5 Å². The van der Waals surface area contributed by atoms with Gasteiger partial charge in [-0.15, -0.1) is 0 Å². The lowest BCUT2D eigenvalue weighted by atomic mass is 10.1. The summed E-state index contributed by atoms with van der Waals surface area (Å²) >= 11 is 0. The van der Waals surface area contributed by atoms with Gasteiger partial charge < -0.3 is 19.8 Å². The van der Waals surface area contributed by atoms with Gasteiger partial charge in [-0.1, -0.05) is 24.3 Å². The quantitative estimate of drug-likeness (QED) is 0.552. The molecule has 0 saturated carbocycles. The molecular formula is C21H30N4O2. The minimum absolute atomic E-state index is 0.661. The number of hydrogen-bond donors (Lipinski definition) is 2. The van der Waals surface area contributed by atoms with E-state index in [1.54, 1.807) is 6.26 Å². The Morgan fingerprint density at radius 1 is 1.07 bits per heavy atom. The highest BCUT2D eigenvalue weighted by Gasteiger charge is 2.10. The van der Waals surface area contributed by atoms with Crippen LogP contribution in [0.15, 0.2) is 52.1 Å². The lowest BCUT2D eigenvalue weighted by molar-refractivity contribution is 0.0342. The van der Waals surface area contributed by atoms with Crippen molar-refractivity contribution in [2.75, 3.05) is 39.4 Å². The lowest BCUT2D eigenvalue weighted by Crippen LogP contribution is -2.38. The molecule has 146 valence electrons. The van der Waals surface area contributed by atoms with Crippen molar-refractivity contribution in [2.45, 2.75) is 26.4 Å². The highest BCUT2D eigenvalue weighted by molar-refractivity contribution is 5.79. The van der Waals surface area contributed by atoms with Gasteiger partial charge >= 0.3 is 0 Å². The Bertz CT molecular complexity index is 677. The number of nitrogens with zero attached hydrogens (tertiary/aromatic N) is 2. The SMILES string of the molecule is CCNC(=NCc1ccc(CN2CCOCC2)cc1)NCCc1ccco1. The number of nitrogens with one attached hydrogen (secondary N) is 2. The minimum Gasteiger partial charge on any atom is -0.469 e. The van der Waals surface area contributed by atoms with Gasteiger partial charge in [0, 0.05) is 39.1 Å². The van der Waals surface area contributed by atoms with E-state index >= 15 is 0 Å². The summed E-state index contributed by atoms with van der Waals surface area (Å²) in [5, 5.41) is 6.64. The van der Waals surface area contributed by atoms with Crippen LogP contribution in [0.2, 0.25) is 0 Å². The molecule has 0 unspecified atom stereocenters. The average Bonchev–Trinajstić information content (AvgIpc) is 3.21. The van der Waals surface area contributed by atoms with Crippen molar-refractivity contribution >= 4 is 5.96 Å². The Morgan fingerprint density at radius 3 is 2.56 bits per heavy atom. The fourth-order valence-electron chi connectivity index (χ4n) is 3.04. The van der Waals surface area contributed by atoms with Crippen LogP contribution in [-0.4, -0.2) is 50.3 Å². The van der Waals surface area contributed by atoms with E-state index in [4.69, 9.17) is 9.15 Å². The fourth-order valence-corrected chi connectivity index (χ4v) is 3.04. The van der Waals surface area contributed by atoms with Gasteiger partial charge in [-0.05, 0) is 30.2 Å². The number of furan rings is 1. The molecule has 0 bridgehead atoms. The Labute approximate surface area is 161 Å². The van der Waals surface area contributed by atoms with Gasteiger partial charge in [0.2, 0.25) is 0 Å². The molecule has 2 heterocycles. The van der Waals surface area contributed by atoms with Gasteiger partial charge in [0.1, 0.15) is 5.76 Å². The maximum atomic E-state index is 5.41. The monoisotopic (exact) mass is 370 g/mol. The summed E-state index contributed by atoms with van der Waals surface area (Å²) in [7, 11) is 0. The molecular weight excluding hydrogens is 340 g/mol. The van der Waals surface area contributed by atoms with Gasteiger partial charge in [0.15, 0.2) is 5.96 Å². The van der Waals surface area contributed by atoms with Crippen LogP contribution in [0.4, 0.5) is 0 Å². The summed E-state index contributed by atoms with van der Waals surface area (Å²) in [5.41, 5.74) is 2.55. The van der Waals surface area contributed by atoms with Crippen molar-refractivity contribution in [1.82, 2.24) is 15.5 Å². The van der Waals surface area contributed by atoms with Gasteiger partial charge in [-0.2, -0.15) is 0 Å². The minimum atomic E-state index is 0.661. The maximum Gasteiger partial charge on any atom is 0.191 e. The van der Waals surface area contributed by atoms with Gasteiger partial charge in [-0.3, -0.25) is 4.90 Å². The molecule has 0 amide bonds. The molecule has 0 atom stereocenters. The van der Waals surface area contributed by atoms with E-state index in [1.165, 1.54) is 11.1 Å². The molecule has 6 heteroatoms. The van der Waals surface area contributed by atoms with Crippen LogP contribution in [0.3, 0.4) is 0 Å². The predicted molar refractivity (Wildman–Crippen MR) is 108 cm³/mol. The number of ether oxygens (including phenoxy) is 1. The van der Waals surface area contributed by atoms with E-state index in [9.17, 15) is 0 Å². The number of morpholine rings is 1. The highest BCUT2D eigenvalue weighted by atomic mass is 16.5. The molecule has 0 spiro atoms. The summed E-state index contributed by atoms with van der Waals surface area (Å²) in [6.45, 7) is 9.06.